The predicted octanol–water partition coefficient (Wildman–Crippen LogP) is -1.87. The second-order valence-corrected chi connectivity index (χ2v) is 10.8. The largest absolute Gasteiger partial charge is 0.480 e. The Kier molecular flexibility index (Phi) is 15.1. The number of guanidine groups is 2. The number of carboxylic acid groups (broad SMARTS) is 1. The van der Waals surface area contributed by atoms with Gasteiger partial charge in [0.15, 0.2) is 11.9 Å². The van der Waals surface area contributed by atoms with Crippen molar-refractivity contribution in [3.05, 3.63) is 35.9 Å². The van der Waals surface area contributed by atoms with E-state index in [-0.39, 0.29) is 50.7 Å². The lowest BCUT2D eigenvalue weighted by molar-refractivity contribution is -0.147. The molecule has 0 saturated heterocycles. The van der Waals surface area contributed by atoms with E-state index in [1.165, 1.54) is 27.8 Å². The van der Waals surface area contributed by atoms with Crippen LogP contribution < -0.4 is 38.9 Å². The van der Waals surface area contributed by atoms with Gasteiger partial charge in [0, 0.05) is 33.5 Å². The Morgan fingerprint density at radius 2 is 1.41 bits per heavy atom. The summed E-state index contributed by atoms with van der Waals surface area (Å²) in [6.07, 6.45) is 0.963. The van der Waals surface area contributed by atoms with E-state index in [1.807, 2.05) is 0 Å². The molecule has 4 amide bonds. The Labute approximate surface area is 257 Å². The summed E-state index contributed by atoms with van der Waals surface area (Å²) < 4.78 is 0. The standard InChI is InChI=1S/C28H46N10O6/c1-17(39)35-19(12-8-14-33-26(29)30)22(40)37-28(2,3)25(44)38(4)21(13-9-15-34-27(31)32)23(41)36-20(24(42)43)16-18-10-6-5-7-11-18/h5-7,10-11,19-21H,8-9,12-16H2,1-4H3,(H,35,39)(H,36,41)(H,37,40)(H,42,43)(H4,29,30,33)(H4,31,32,34)/t19-,20-,21-/m0/s1. The van der Waals surface area contributed by atoms with Gasteiger partial charge >= 0.3 is 5.97 Å². The van der Waals surface area contributed by atoms with Crippen LogP contribution in [0.15, 0.2) is 40.3 Å². The molecule has 16 heteroatoms. The van der Waals surface area contributed by atoms with Crippen molar-refractivity contribution in [3.63, 3.8) is 0 Å². The molecule has 1 aromatic rings. The third-order valence-electron chi connectivity index (χ3n) is 6.53. The van der Waals surface area contributed by atoms with Crippen molar-refractivity contribution in [2.45, 2.75) is 76.5 Å². The highest BCUT2D eigenvalue weighted by molar-refractivity contribution is 5.96. The number of aliphatic carboxylic acids is 1. The number of carboxylic acids is 1. The highest BCUT2D eigenvalue weighted by atomic mass is 16.4. The number of benzene rings is 1. The van der Waals surface area contributed by atoms with E-state index in [4.69, 9.17) is 22.9 Å². The monoisotopic (exact) mass is 618 g/mol. The first-order chi connectivity index (χ1) is 20.5. The van der Waals surface area contributed by atoms with Crippen LogP contribution in [0.25, 0.3) is 0 Å². The third kappa shape index (κ3) is 13.4. The summed E-state index contributed by atoms with van der Waals surface area (Å²) in [4.78, 5) is 73.0. The molecular weight excluding hydrogens is 572 g/mol. The molecule has 0 saturated carbocycles. The van der Waals surface area contributed by atoms with E-state index in [2.05, 4.69) is 25.9 Å². The number of likely N-dealkylation sites (N-methyl/N-ethyl adjacent to an activating group) is 1. The molecule has 0 aromatic heterocycles. The fraction of sp³-hybridized carbons (Fsp3) is 0.536. The first-order valence-corrected chi connectivity index (χ1v) is 14.1. The fourth-order valence-corrected chi connectivity index (χ4v) is 4.36. The normalized spacial score (nSPS) is 12.9. The van der Waals surface area contributed by atoms with Crippen molar-refractivity contribution >= 4 is 41.5 Å². The molecule has 1 rings (SSSR count). The third-order valence-corrected chi connectivity index (χ3v) is 6.53. The number of hydrogen-bond acceptors (Lipinski definition) is 7. The quantitative estimate of drug-likeness (QED) is 0.0515. The van der Waals surface area contributed by atoms with Crippen molar-refractivity contribution in [2.24, 2.45) is 32.9 Å². The van der Waals surface area contributed by atoms with E-state index < -0.39 is 53.3 Å². The van der Waals surface area contributed by atoms with E-state index >= 15 is 0 Å². The SMILES string of the molecule is CC(=O)N[C@@H](CCCN=C(N)N)C(=O)NC(C)(C)C(=O)N(C)[C@@H](CCCN=C(N)N)C(=O)N[C@@H](Cc1ccccc1)C(=O)O. The first kappa shape index (κ1) is 37.1. The van der Waals surface area contributed by atoms with E-state index in [9.17, 15) is 29.1 Å². The van der Waals surface area contributed by atoms with Gasteiger partial charge in [-0.1, -0.05) is 30.3 Å². The second-order valence-electron chi connectivity index (χ2n) is 10.8. The van der Waals surface area contributed by atoms with Crippen molar-refractivity contribution in [1.82, 2.24) is 20.9 Å². The van der Waals surface area contributed by atoms with Crippen LogP contribution in [0.2, 0.25) is 0 Å². The molecule has 0 unspecified atom stereocenters. The average Bonchev–Trinajstić information content (AvgIpc) is 2.93. The lowest BCUT2D eigenvalue weighted by atomic mass is 9.99. The van der Waals surface area contributed by atoms with Crippen LogP contribution >= 0.6 is 0 Å². The highest BCUT2D eigenvalue weighted by Gasteiger charge is 2.39. The predicted molar refractivity (Wildman–Crippen MR) is 166 cm³/mol. The van der Waals surface area contributed by atoms with Gasteiger partial charge < -0.3 is 48.9 Å². The van der Waals surface area contributed by atoms with Gasteiger partial charge in [0.1, 0.15) is 23.7 Å². The van der Waals surface area contributed by atoms with Crippen molar-refractivity contribution < 1.29 is 29.1 Å². The number of rotatable bonds is 18. The molecule has 0 spiro atoms. The van der Waals surface area contributed by atoms with E-state index in [0.29, 0.717) is 12.0 Å². The van der Waals surface area contributed by atoms with Crippen molar-refractivity contribution in [3.8, 4) is 0 Å². The minimum Gasteiger partial charge on any atom is -0.480 e. The molecule has 1 aromatic carbocycles. The van der Waals surface area contributed by atoms with Crippen LogP contribution in [0, 0.1) is 0 Å². The number of nitrogens with two attached hydrogens (primary N) is 4. The van der Waals surface area contributed by atoms with Gasteiger partial charge in [-0.3, -0.25) is 29.2 Å². The number of aliphatic imine (C=N–C) groups is 2. The van der Waals surface area contributed by atoms with E-state index in [1.54, 1.807) is 30.3 Å². The molecule has 0 radical (unpaired) electrons. The van der Waals surface area contributed by atoms with Gasteiger partial charge in [-0.15, -0.1) is 0 Å². The van der Waals surface area contributed by atoms with Crippen LogP contribution in [0.3, 0.4) is 0 Å². The molecule has 244 valence electrons. The molecule has 44 heavy (non-hydrogen) atoms. The van der Waals surface area contributed by atoms with Crippen LogP contribution in [0.5, 0.6) is 0 Å². The van der Waals surface area contributed by atoms with Gasteiger partial charge in [0.2, 0.25) is 23.6 Å². The molecule has 0 bridgehead atoms. The van der Waals surface area contributed by atoms with Crippen LogP contribution in [-0.4, -0.2) is 95.3 Å². The molecular formula is C28H46N10O6. The fourth-order valence-electron chi connectivity index (χ4n) is 4.36. The van der Waals surface area contributed by atoms with Gasteiger partial charge in [0.25, 0.3) is 0 Å². The van der Waals surface area contributed by atoms with E-state index in [0.717, 1.165) is 4.90 Å². The number of nitrogens with one attached hydrogen (secondary N) is 3. The maximum absolute atomic E-state index is 13.7. The summed E-state index contributed by atoms with van der Waals surface area (Å²) in [5.41, 5.74) is 20.6. The van der Waals surface area contributed by atoms with Gasteiger partial charge in [-0.05, 0) is 45.1 Å². The summed E-state index contributed by atoms with van der Waals surface area (Å²) in [6, 6.07) is 5.41. The van der Waals surface area contributed by atoms with Gasteiger partial charge in [-0.2, -0.15) is 0 Å². The lowest BCUT2D eigenvalue weighted by Crippen LogP contribution is -2.62. The number of hydrogen-bond donors (Lipinski definition) is 8. The summed E-state index contributed by atoms with van der Waals surface area (Å²) in [6.45, 7) is 4.57. The van der Waals surface area contributed by atoms with Crippen LogP contribution in [-0.2, 0) is 30.4 Å². The Morgan fingerprint density at radius 1 is 0.864 bits per heavy atom. The zero-order valence-electron chi connectivity index (χ0n) is 25.7. The van der Waals surface area contributed by atoms with Gasteiger partial charge in [0.05, 0.1) is 0 Å². The zero-order chi connectivity index (χ0) is 33.4. The maximum atomic E-state index is 13.7. The van der Waals surface area contributed by atoms with Crippen molar-refractivity contribution in [2.75, 3.05) is 20.1 Å². The number of amides is 4. The molecule has 0 heterocycles. The molecule has 0 fully saturated rings. The number of carbonyl (C=O) groups is 5. The summed E-state index contributed by atoms with van der Waals surface area (Å²) in [7, 11) is 1.38. The topological polar surface area (TPSA) is 274 Å². The Morgan fingerprint density at radius 3 is 1.91 bits per heavy atom. The van der Waals surface area contributed by atoms with Crippen LogP contribution in [0.1, 0.15) is 52.0 Å². The minimum atomic E-state index is -1.53. The smallest absolute Gasteiger partial charge is 0.326 e. The zero-order valence-corrected chi connectivity index (χ0v) is 25.7. The number of carbonyl (C=O) groups excluding carboxylic acids is 4. The van der Waals surface area contributed by atoms with Crippen LogP contribution in [0.4, 0.5) is 0 Å². The highest BCUT2D eigenvalue weighted by Crippen LogP contribution is 2.16. The second kappa shape index (κ2) is 17.9. The Balaban J connectivity index is 3.15. The number of nitrogens with zero attached hydrogens (tertiary/aromatic N) is 3. The van der Waals surface area contributed by atoms with Gasteiger partial charge in [-0.25, -0.2) is 4.79 Å². The molecule has 0 aliphatic rings. The molecule has 3 atom stereocenters. The van der Waals surface area contributed by atoms with Crippen molar-refractivity contribution in [1.29, 1.82) is 0 Å². The molecule has 16 nitrogen and oxygen atoms in total. The molecule has 0 aliphatic carbocycles. The molecule has 0 aliphatic heterocycles. The maximum Gasteiger partial charge on any atom is 0.326 e. The first-order valence-electron chi connectivity index (χ1n) is 14.1. The Bertz CT molecular complexity index is 1200. The lowest BCUT2D eigenvalue weighted by Gasteiger charge is -2.35. The molecule has 12 N–H and O–H groups in total. The average molecular weight is 619 g/mol. The Hall–Kier alpha value is -4.89. The summed E-state index contributed by atoms with van der Waals surface area (Å²) >= 11 is 0. The minimum absolute atomic E-state index is 0.0234. The summed E-state index contributed by atoms with van der Waals surface area (Å²) in [5, 5.41) is 17.5. The summed E-state index contributed by atoms with van der Waals surface area (Å²) in [5.74, 6) is -3.90.